The molecule has 0 aromatic carbocycles. The fourth-order valence-electron chi connectivity index (χ4n) is 4.31. The zero-order valence-corrected chi connectivity index (χ0v) is 16.1. The summed E-state index contributed by atoms with van der Waals surface area (Å²) in [6.07, 6.45) is 7.66. The Bertz CT molecular complexity index is 731. The van der Waals surface area contributed by atoms with E-state index in [0.29, 0.717) is 24.3 Å². The third-order valence-corrected chi connectivity index (χ3v) is 6.58. The van der Waals surface area contributed by atoms with E-state index in [4.69, 9.17) is 0 Å². The van der Waals surface area contributed by atoms with Crippen molar-refractivity contribution >= 4 is 17.2 Å². The summed E-state index contributed by atoms with van der Waals surface area (Å²) >= 11 is 1.79. The molecule has 0 saturated carbocycles. The molecule has 2 atom stereocenters. The molecule has 0 N–H and O–H groups in total. The smallest absolute Gasteiger partial charge is 0.222 e. The highest BCUT2D eigenvalue weighted by Gasteiger charge is 2.38. The van der Waals surface area contributed by atoms with E-state index in [1.807, 2.05) is 19.3 Å². The van der Waals surface area contributed by atoms with Gasteiger partial charge >= 0.3 is 0 Å². The van der Waals surface area contributed by atoms with Crippen LogP contribution in [-0.4, -0.2) is 51.4 Å². The number of aryl methyl sites for hydroxylation is 1. The lowest BCUT2D eigenvalue weighted by Crippen LogP contribution is -2.56. The first-order valence-electron chi connectivity index (χ1n) is 9.51. The van der Waals surface area contributed by atoms with Gasteiger partial charge in [-0.05, 0) is 43.6 Å². The van der Waals surface area contributed by atoms with Gasteiger partial charge in [-0.25, -0.2) is 9.97 Å². The molecular weight excluding hydrogens is 344 g/mol. The summed E-state index contributed by atoms with van der Waals surface area (Å²) in [6.45, 7) is 5.80. The Labute approximate surface area is 159 Å². The van der Waals surface area contributed by atoms with Gasteiger partial charge in [-0.2, -0.15) is 0 Å². The summed E-state index contributed by atoms with van der Waals surface area (Å²) in [7, 11) is 0. The van der Waals surface area contributed by atoms with Crippen LogP contribution in [0.25, 0.3) is 0 Å². The van der Waals surface area contributed by atoms with Crippen molar-refractivity contribution in [2.45, 2.75) is 45.2 Å². The first kappa shape index (κ1) is 17.6. The highest BCUT2D eigenvalue weighted by atomic mass is 32.1. The van der Waals surface area contributed by atoms with Gasteiger partial charge in [0.2, 0.25) is 5.91 Å². The summed E-state index contributed by atoms with van der Waals surface area (Å²) in [5, 5.41) is 2.11. The van der Waals surface area contributed by atoms with Gasteiger partial charge in [-0.3, -0.25) is 9.69 Å². The Kier molecular flexibility index (Phi) is 5.31. The van der Waals surface area contributed by atoms with Crippen LogP contribution in [-0.2, 0) is 17.8 Å². The number of likely N-dealkylation sites (tertiary alicyclic amines) is 2. The molecule has 2 fully saturated rings. The third-order valence-electron chi connectivity index (χ3n) is 5.65. The Balaban J connectivity index is 1.36. The number of carbonyl (C=O) groups excluding carboxylic acids is 1. The normalized spacial score (nSPS) is 23.9. The van der Waals surface area contributed by atoms with E-state index in [1.54, 1.807) is 11.3 Å². The zero-order chi connectivity index (χ0) is 17.9. The summed E-state index contributed by atoms with van der Waals surface area (Å²) < 4.78 is 0. The molecule has 1 amide bonds. The van der Waals surface area contributed by atoms with Crippen molar-refractivity contribution in [2.24, 2.45) is 5.92 Å². The van der Waals surface area contributed by atoms with Crippen LogP contribution in [0.4, 0.5) is 0 Å². The molecule has 6 heteroatoms. The number of carbonyl (C=O) groups is 1. The molecule has 26 heavy (non-hydrogen) atoms. The van der Waals surface area contributed by atoms with Gasteiger partial charge < -0.3 is 4.90 Å². The van der Waals surface area contributed by atoms with Crippen LogP contribution < -0.4 is 0 Å². The number of aromatic nitrogens is 2. The van der Waals surface area contributed by atoms with Crippen LogP contribution in [0, 0.1) is 12.8 Å². The van der Waals surface area contributed by atoms with Gasteiger partial charge in [0.05, 0.1) is 0 Å². The van der Waals surface area contributed by atoms with Gasteiger partial charge in [0.15, 0.2) is 0 Å². The number of amides is 1. The Hall–Kier alpha value is -1.79. The average Bonchev–Trinajstić information content (AvgIpc) is 3.16. The largest absolute Gasteiger partial charge is 0.339 e. The van der Waals surface area contributed by atoms with Crippen molar-refractivity contribution in [3.8, 4) is 0 Å². The fourth-order valence-corrected chi connectivity index (χ4v) is 5.00. The molecule has 138 valence electrons. The van der Waals surface area contributed by atoms with Gasteiger partial charge in [0.1, 0.15) is 5.82 Å². The minimum atomic E-state index is 0.350. The second kappa shape index (κ2) is 7.84. The molecule has 0 bridgehead atoms. The van der Waals surface area contributed by atoms with Crippen LogP contribution in [0.2, 0.25) is 0 Å². The lowest BCUT2D eigenvalue weighted by atomic mass is 9.83. The predicted octanol–water partition coefficient (Wildman–Crippen LogP) is 2.90. The maximum atomic E-state index is 12.5. The van der Waals surface area contributed by atoms with Gasteiger partial charge in [-0.1, -0.05) is 6.07 Å². The molecule has 2 aliphatic rings. The number of thiophene rings is 1. The SMILES string of the molecule is Cc1ncc(CN2CC[C@@H]3[C@@H](CCC(=O)N3CCc3cccs3)C2)cn1. The van der Waals surface area contributed by atoms with Gasteiger partial charge in [-0.15, -0.1) is 11.3 Å². The van der Waals surface area contributed by atoms with Crippen LogP contribution in [0.5, 0.6) is 0 Å². The first-order chi connectivity index (χ1) is 12.7. The Morgan fingerprint density at radius 3 is 2.88 bits per heavy atom. The minimum Gasteiger partial charge on any atom is -0.339 e. The minimum absolute atomic E-state index is 0.350. The van der Waals surface area contributed by atoms with Gasteiger partial charge in [0, 0.05) is 61.5 Å². The van der Waals surface area contributed by atoms with Crippen LogP contribution >= 0.6 is 11.3 Å². The van der Waals surface area contributed by atoms with Crippen molar-refractivity contribution in [3.05, 3.63) is 46.2 Å². The molecular formula is C20H26N4OS. The van der Waals surface area contributed by atoms with Crippen molar-refractivity contribution in [2.75, 3.05) is 19.6 Å². The molecule has 0 spiro atoms. The second-order valence-electron chi connectivity index (χ2n) is 7.44. The van der Waals surface area contributed by atoms with Crippen molar-refractivity contribution < 1.29 is 4.79 Å². The topological polar surface area (TPSA) is 49.3 Å². The molecule has 5 nitrogen and oxygen atoms in total. The molecule has 0 radical (unpaired) electrons. The zero-order valence-electron chi connectivity index (χ0n) is 15.3. The molecule has 2 aliphatic heterocycles. The molecule has 0 unspecified atom stereocenters. The molecule has 2 aromatic heterocycles. The van der Waals surface area contributed by atoms with Crippen LogP contribution in [0.15, 0.2) is 29.9 Å². The summed E-state index contributed by atoms with van der Waals surface area (Å²) in [5.74, 6) is 1.76. The highest BCUT2D eigenvalue weighted by Crippen LogP contribution is 2.32. The second-order valence-corrected chi connectivity index (χ2v) is 8.48. The number of nitrogens with zero attached hydrogens (tertiary/aromatic N) is 4. The van der Waals surface area contributed by atoms with E-state index in [-0.39, 0.29) is 0 Å². The monoisotopic (exact) mass is 370 g/mol. The number of fused-ring (bicyclic) bond motifs is 1. The highest BCUT2D eigenvalue weighted by molar-refractivity contribution is 7.09. The number of piperidine rings is 2. The van der Waals surface area contributed by atoms with E-state index in [9.17, 15) is 4.79 Å². The predicted molar refractivity (Wildman–Crippen MR) is 103 cm³/mol. The molecule has 4 rings (SSSR count). The number of hydrogen-bond donors (Lipinski definition) is 0. The third kappa shape index (κ3) is 3.96. The standard InChI is InChI=1S/C20H26N4OS/c1-15-21-11-16(12-22-15)13-23-8-7-19-17(14-23)4-5-20(25)24(19)9-6-18-3-2-10-26-18/h2-3,10-12,17,19H,4-9,13-14H2,1H3/t17-,19+/m0/s1. The first-order valence-corrected chi connectivity index (χ1v) is 10.4. The van der Waals surface area contributed by atoms with Crippen LogP contribution in [0.1, 0.15) is 35.5 Å². The van der Waals surface area contributed by atoms with E-state index in [1.165, 1.54) is 10.4 Å². The summed E-state index contributed by atoms with van der Waals surface area (Å²) in [5.41, 5.74) is 1.18. The Morgan fingerprint density at radius 1 is 1.27 bits per heavy atom. The summed E-state index contributed by atoms with van der Waals surface area (Å²) in [6, 6.07) is 4.68. The van der Waals surface area contributed by atoms with Crippen molar-refractivity contribution in [1.82, 2.24) is 19.8 Å². The van der Waals surface area contributed by atoms with Crippen molar-refractivity contribution in [1.29, 1.82) is 0 Å². The Morgan fingerprint density at radius 2 is 2.12 bits per heavy atom. The number of hydrogen-bond acceptors (Lipinski definition) is 5. The number of rotatable bonds is 5. The molecule has 2 saturated heterocycles. The lowest BCUT2D eigenvalue weighted by molar-refractivity contribution is -0.141. The molecule has 4 heterocycles. The lowest BCUT2D eigenvalue weighted by Gasteiger charge is -2.47. The van der Waals surface area contributed by atoms with Gasteiger partial charge in [0.25, 0.3) is 0 Å². The van der Waals surface area contributed by atoms with Crippen molar-refractivity contribution in [3.63, 3.8) is 0 Å². The quantitative estimate of drug-likeness (QED) is 0.812. The maximum Gasteiger partial charge on any atom is 0.222 e. The summed E-state index contributed by atoms with van der Waals surface area (Å²) in [4.78, 5) is 27.2. The van der Waals surface area contributed by atoms with Crippen LogP contribution in [0.3, 0.4) is 0 Å². The maximum absolute atomic E-state index is 12.5. The molecule has 2 aromatic rings. The fraction of sp³-hybridized carbons (Fsp3) is 0.550. The van der Waals surface area contributed by atoms with E-state index in [0.717, 1.165) is 51.3 Å². The van der Waals surface area contributed by atoms with E-state index >= 15 is 0 Å². The van der Waals surface area contributed by atoms with E-state index in [2.05, 4.69) is 37.3 Å². The van der Waals surface area contributed by atoms with E-state index < -0.39 is 0 Å². The molecule has 0 aliphatic carbocycles. The average molecular weight is 371 g/mol.